The molecule has 0 aliphatic heterocycles. The minimum absolute atomic E-state index is 0.139. The average Bonchev–Trinajstić information content (AvgIpc) is 3.16. The summed E-state index contributed by atoms with van der Waals surface area (Å²) in [7, 11) is 5.23. The third-order valence-corrected chi connectivity index (χ3v) is 5.55. The fraction of sp³-hybridized carbons (Fsp3) is 0.148. The molecule has 3 aromatic carbocycles. The van der Waals surface area contributed by atoms with Crippen molar-refractivity contribution in [1.29, 1.82) is 5.26 Å². The smallest absolute Gasteiger partial charge is 0.240 e. The third-order valence-electron chi connectivity index (χ3n) is 5.55. The highest BCUT2D eigenvalue weighted by Crippen LogP contribution is 2.33. The number of halogens is 1. The first-order chi connectivity index (χ1) is 16.8. The Balaban J connectivity index is 1.85. The van der Waals surface area contributed by atoms with E-state index in [9.17, 15) is 19.6 Å². The summed E-state index contributed by atoms with van der Waals surface area (Å²) in [6.45, 7) is 0.208. The number of hydrogen-bond donors (Lipinski definition) is 2. The monoisotopic (exact) mass is 469 g/mol. The summed E-state index contributed by atoms with van der Waals surface area (Å²) in [5, 5.41) is 21.1. The quantitative estimate of drug-likeness (QED) is 0.404. The highest BCUT2D eigenvalue weighted by atomic mass is 19.1. The minimum atomic E-state index is -0.425. The van der Waals surface area contributed by atoms with E-state index in [2.05, 4.69) is 11.1 Å². The molecule has 0 unspecified atom stereocenters. The summed E-state index contributed by atoms with van der Waals surface area (Å²) in [6, 6.07) is 20.6. The molecule has 4 rings (SSSR count). The lowest BCUT2D eigenvalue weighted by Gasteiger charge is -2.21. The van der Waals surface area contributed by atoms with Crippen LogP contribution in [0.25, 0.3) is 10.9 Å². The largest absolute Gasteiger partial charge is 0.494 e. The number of H-pyrrole nitrogens is 1. The van der Waals surface area contributed by atoms with Crippen LogP contribution in [0.1, 0.15) is 16.7 Å². The number of fused-ring (bicyclic) bond motifs is 1. The van der Waals surface area contributed by atoms with Crippen molar-refractivity contribution in [3.8, 4) is 11.9 Å². The number of nitrogens with one attached hydrogen (secondary N) is 1. The zero-order chi connectivity index (χ0) is 25.1. The van der Waals surface area contributed by atoms with Gasteiger partial charge in [0.15, 0.2) is 5.88 Å². The summed E-state index contributed by atoms with van der Waals surface area (Å²) in [4.78, 5) is 23.3. The van der Waals surface area contributed by atoms with Crippen LogP contribution in [0.5, 0.6) is 5.88 Å². The molecule has 0 aliphatic rings. The van der Waals surface area contributed by atoms with Crippen LogP contribution in [0.3, 0.4) is 0 Å². The Morgan fingerprint density at radius 3 is 2.51 bits per heavy atom. The van der Waals surface area contributed by atoms with Crippen LogP contribution >= 0.6 is 0 Å². The van der Waals surface area contributed by atoms with Crippen molar-refractivity contribution in [2.45, 2.75) is 0 Å². The fourth-order valence-corrected chi connectivity index (χ4v) is 3.87. The predicted molar refractivity (Wildman–Crippen MR) is 135 cm³/mol. The van der Waals surface area contributed by atoms with Gasteiger partial charge >= 0.3 is 0 Å². The maximum Gasteiger partial charge on any atom is 0.240 e. The first kappa shape index (κ1) is 23.7. The number of carbonyl (C=O) groups is 1. The van der Waals surface area contributed by atoms with Gasteiger partial charge in [-0.3, -0.25) is 4.79 Å². The van der Waals surface area contributed by atoms with Gasteiger partial charge in [0.05, 0.1) is 40.3 Å². The highest BCUT2D eigenvalue weighted by molar-refractivity contribution is 6.21. The molecule has 0 spiro atoms. The summed E-state index contributed by atoms with van der Waals surface area (Å²) in [5.74, 6) is -0.714. The van der Waals surface area contributed by atoms with Crippen molar-refractivity contribution in [2.24, 2.45) is 4.99 Å². The molecule has 8 heteroatoms. The number of carbonyl (C=O) groups excluding carboxylic acids is 1. The summed E-state index contributed by atoms with van der Waals surface area (Å²) in [6.07, 6.45) is 0. The Kier molecular flexibility index (Phi) is 6.62. The molecular formula is C27H24FN5O2. The van der Waals surface area contributed by atoms with E-state index >= 15 is 0 Å². The van der Waals surface area contributed by atoms with Gasteiger partial charge in [0.1, 0.15) is 11.9 Å². The van der Waals surface area contributed by atoms with Crippen LogP contribution in [0.15, 0.2) is 71.7 Å². The Morgan fingerprint density at radius 2 is 1.83 bits per heavy atom. The van der Waals surface area contributed by atoms with Crippen LogP contribution < -0.4 is 4.90 Å². The molecule has 2 N–H and O–H groups in total. The van der Waals surface area contributed by atoms with Crippen LogP contribution in [-0.2, 0) is 4.79 Å². The molecule has 0 atom stereocenters. The Hall–Kier alpha value is -4.48. The Morgan fingerprint density at radius 1 is 1.09 bits per heavy atom. The molecule has 0 fully saturated rings. The van der Waals surface area contributed by atoms with Crippen LogP contribution in [-0.4, -0.2) is 54.3 Å². The lowest BCUT2D eigenvalue weighted by Crippen LogP contribution is -2.35. The number of hydrogen-bond acceptors (Lipinski definition) is 5. The van der Waals surface area contributed by atoms with E-state index in [-0.39, 0.29) is 18.3 Å². The molecule has 0 bridgehead atoms. The minimum Gasteiger partial charge on any atom is -0.494 e. The first-order valence-electron chi connectivity index (χ1n) is 10.9. The number of aromatic nitrogens is 1. The van der Waals surface area contributed by atoms with Gasteiger partial charge in [0.25, 0.3) is 0 Å². The number of aliphatic imine (C=N–C) groups is 1. The van der Waals surface area contributed by atoms with Gasteiger partial charge in [0.2, 0.25) is 5.91 Å². The van der Waals surface area contributed by atoms with E-state index in [0.29, 0.717) is 39.1 Å². The zero-order valence-electron chi connectivity index (χ0n) is 19.6. The van der Waals surface area contributed by atoms with Crippen LogP contribution in [0, 0.1) is 17.1 Å². The van der Waals surface area contributed by atoms with Gasteiger partial charge in [-0.15, -0.1) is 0 Å². The number of nitrogens with zero attached hydrogens (tertiary/aromatic N) is 4. The number of likely N-dealkylation sites (N-methyl/N-ethyl adjacent to an activating group) is 2. The number of rotatable bonds is 6. The van der Waals surface area contributed by atoms with E-state index in [0.717, 1.165) is 5.56 Å². The second-order valence-corrected chi connectivity index (χ2v) is 8.37. The number of nitriles is 1. The van der Waals surface area contributed by atoms with Gasteiger partial charge in [-0.1, -0.05) is 30.3 Å². The molecule has 176 valence electrons. The second kappa shape index (κ2) is 9.79. The Bertz CT molecular complexity index is 1470. The fourth-order valence-electron chi connectivity index (χ4n) is 3.87. The van der Waals surface area contributed by atoms with Gasteiger partial charge in [-0.25, -0.2) is 9.38 Å². The van der Waals surface area contributed by atoms with Gasteiger partial charge < -0.3 is 19.9 Å². The molecule has 0 saturated heterocycles. The maximum absolute atomic E-state index is 13.8. The second-order valence-electron chi connectivity index (χ2n) is 8.37. The van der Waals surface area contributed by atoms with Crippen molar-refractivity contribution >= 4 is 33.9 Å². The van der Waals surface area contributed by atoms with Gasteiger partial charge in [-0.2, -0.15) is 5.26 Å². The van der Waals surface area contributed by atoms with E-state index in [1.807, 2.05) is 30.3 Å². The molecule has 0 aliphatic carbocycles. The summed E-state index contributed by atoms with van der Waals surface area (Å²) < 4.78 is 13.8. The molecule has 1 amide bonds. The van der Waals surface area contributed by atoms with Crippen molar-refractivity contribution in [1.82, 2.24) is 9.88 Å². The van der Waals surface area contributed by atoms with Gasteiger partial charge in [0, 0.05) is 18.0 Å². The third kappa shape index (κ3) is 4.90. The number of aromatic hydroxyl groups is 1. The predicted octanol–water partition coefficient (Wildman–Crippen LogP) is 4.58. The zero-order valence-corrected chi connectivity index (χ0v) is 19.6. The number of aromatic amines is 1. The lowest BCUT2D eigenvalue weighted by atomic mass is 10.0. The lowest BCUT2D eigenvalue weighted by molar-refractivity contribution is -0.118. The average molecular weight is 470 g/mol. The highest BCUT2D eigenvalue weighted by Gasteiger charge is 2.20. The van der Waals surface area contributed by atoms with Crippen LogP contribution in [0.2, 0.25) is 0 Å². The van der Waals surface area contributed by atoms with E-state index in [4.69, 9.17) is 4.99 Å². The molecular weight excluding hydrogens is 445 g/mol. The molecule has 4 aromatic rings. The van der Waals surface area contributed by atoms with Crippen molar-refractivity contribution in [3.63, 3.8) is 0 Å². The van der Waals surface area contributed by atoms with E-state index in [1.165, 1.54) is 17.0 Å². The van der Waals surface area contributed by atoms with Crippen molar-refractivity contribution in [3.05, 3.63) is 89.2 Å². The molecule has 35 heavy (non-hydrogen) atoms. The molecule has 0 saturated carbocycles. The van der Waals surface area contributed by atoms with E-state index < -0.39 is 5.82 Å². The number of benzene rings is 3. The van der Waals surface area contributed by atoms with Gasteiger partial charge in [-0.05, 0) is 50.5 Å². The number of amides is 1. The maximum atomic E-state index is 13.8. The summed E-state index contributed by atoms with van der Waals surface area (Å²) in [5.41, 5.74) is 3.28. The number of anilines is 1. The van der Waals surface area contributed by atoms with E-state index in [1.54, 1.807) is 50.3 Å². The first-order valence-corrected chi connectivity index (χ1v) is 10.9. The summed E-state index contributed by atoms with van der Waals surface area (Å²) >= 11 is 0. The normalized spacial score (nSPS) is 11.6. The molecule has 0 radical (unpaired) electrons. The molecule has 1 heterocycles. The van der Waals surface area contributed by atoms with Crippen LogP contribution in [0.4, 0.5) is 15.8 Å². The van der Waals surface area contributed by atoms with Crippen molar-refractivity contribution < 1.29 is 14.3 Å². The van der Waals surface area contributed by atoms with Crippen molar-refractivity contribution in [2.75, 3.05) is 32.6 Å². The topological polar surface area (TPSA) is 95.7 Å². The molecule has 1 aromatic heterocycles. The molecule has 7 nitrogen and oxygen atoms in total. The SMILES string of the molecule is CN(C)CC(=O)N(C)c1ccc(N=C(c2ccccc2)c2c(O)[nH]c3cc(F)ccc23)cc1C#N. The standard InChI is InChI=1S/C27H24FN5O2/c1-32(2)16-24(34)33(3)23-12-10-20(13-18(23)15-29)30-26(17-7-5-4-6-8-17)25-21-11-9-19(28)14-22(21)31-27(25)35/h4-14,31,35H,16H2,1-3H3. The Labute approximate surface area is 202 Å².